The van der Waals surface area contributed by atoms with E-state index in [1.165, 1.54) is 0 Å². The minimum Gasteiger partial charge on any atom is -0.338 e. The van der Waals surface area contributed by atoms with E-state index in [2.05, 4.69) is 10.3 Å². The van der Waals surface area contributed by atoms with Gasteiger partial charge in [0, 0.05) is 30.4 Å². The normalized spacial score (nSPS) is 14.9. The van der Waals surface area contributed by atoms with E-state index < -0.39 is 0 Å². The second-order valence-corrected chi connectivity index (χ2v) is 6.76. The number of hydrogen-bond acceptors (Lipinski definition) is 3. The Balaban J connectivity index is 1.62. The monoisotopic (exact) mass is 353 g/mol. The number of pyridine rings is 1. The van der Waals surface area contributed by atoms with Crippen molar-refractivity contribution in [2.45, 2.75) is 26.7 Å². The zero-order valence-corrected chi connectivity index (χ0v) is 15.0. The van der Waals surface area contributed by atoms with Crippen molar-refractivity contribution in [1.29, 1.82) is 0 Å². The maximum atomic E-state index is 12.7. The third-order valence-electron chi connectivity index (χ3n) is 4.77. The number of aryl methyl sites for hydroxylation is 2. The molecule has 6 nitrogen and oxygen atoms in total. The highest BCUT2D eigenvalue weighted by Crippen LogP contribution is 2.21. The Morgan fingerprint density at radius 3 is 2.38 bits per heavy atom. The van der Waals surface area contributed by atoms with Crippen molar-refractivity contribution >= 4 is 17.5 Å². The van der Waals surface area contributed by atoms with Gasteiger partial charge in [-0.1, -0.05) is 18.2 Å². The molecule has 2 N–H and O–H groups in total. The molecule has 1 fully saturated rings. The van der Waals surface area contributed by atoms with Gasteiger partial charge in [0.25, 0.3) is 11.5 Å². The summed E-state index contributed by atoms with van der Waals surface area (Å²) in [6.07, 6.45) is 1.18. The molecule has 2 heterocycles. The average molecular weight is 353 g/mol. The maximum Gasteiger partial charge on any atom is 0.261 e. The molecule has 1 saturated heterocycles. The van der Waals surface area contributed by atoms with Crippen molar-refractivity contribution in [2.24, 2.45) is 5.92 Å². The van der Waals surface area contributed by atoms with Crippen LogP contribution < -0.4 is 10.9 Å². The van der Waals surface area contributed by atoms with Gasteiger partial charge in [-0.25, -0.2) is 0 Å². The molecule has 1 aliphatic rings. The molecule has 6 heteroatoms. The van der Waals surface area contributed by atoms with E-state index in [0.29, 0.717) is 31.5 Å². The second kappa shape index (κ2) is 7.56. The number of carbonyl (C=O) groups excluding carboxylic acids is 2. The number of nitrogens with zero attached hydrogens (tertiary/aromatic N) is 1. The zero-order chi connectivity index (χ0) is 18.7. The Bertz CT molecular complexity index is 866. The summed E-state index contributed by atoms with van der Waals surface area (Å²) in [4.78, 5) is 41.6. The summed E-state index contributed by atoms with van der Waals surface area (Å²) in [6, 6.07) is 11.1. The number of H-pyrrole nitrogens is 1. The van der Waals surface area contributed by atoms with Crippen LogP contribution in [0.2, 0.25) is 0 Å². The summed E-state index contributed by atoms with van der Waals surface area (Å²) in [5.74, 6) is -0.407. The first kappa shape index (κ1) is 17.9. The summed E-state index contributed by atoms with van der Waals surface area (Å²) in [7, 11) is 0. The van der Waals surface area contributed by atoms with E-state index >= 15 is 0 Å². The van der Waals surface area contributed by atoms with Gasteiger partial charge in [-0.05, 0) is 50.5 Å². The summed E-state index contributed by atoms with van der Waals surface area (Å²) in [5.41, 5.74) is 2.04. The first-order valence-corrected chi connectivity index (χ1v) is 8.81. The van der Waals surface area contributed by atoms with Gasteiger partial charge in [0.05, 0.1) is 0 Å². The van der Waals surface area contributed by atoms with E-state index in [4.69, 9.17) is 0 Å². The standard InChI is InChI=1S/C20H23N3O3/c1-13-12-14(2)21-19(25)17(13)20(26)23-10-8-15(9-11-23)18(24)22-16-6-4-3-5-7-16/h3-7,12,15H,8-11H2,1-2H3,(H,21,25)(H,22,24). The fraction of sp³-hybridized carbons (Fsp3) is 0.350. The van der Waals surface area contributed by atoms with Crippen molar-refractivity contribution in [3.05, 3.63) is 63.6 Å². The number of amides is 2. The summed E-state index contributed by atoms with van der Waals surface area (Å²) < 4.78 is 0. The molecule has 2 amide bonds. The van der Waals surface area contributed by atoms with Crippen LogP contribution in [-0.4, -0.2) is 34.8 Å². The van der Waals surface area contributed by atoms with Gasteiger partial charge in [0.2, 0.25) is 5.91 Å². The molecule has 1 aromatic heterocycles. The number of hydrogen-bond donors (Lipinski definition) is 2. The quantitative estimate of drug-likeness (QED) is 0.889. The first-order valence-electron chi connectivity index (χ1n) is 8.81. The number of likely N-dealkylation sites (tertiary alicyclic amines) is 1. The molecular weight excluding hydrogens is 330 g/mol. The van der Waals surface area contributed by atoms with Crippen LogP contribution in [0.1, 0.15) is 34.5 Å². The van der Waals surface area contributed by atoms with Crippen LogP contribution in [0.5, 0.6) is 0 Å². The number of nitrogens with one attached hydrogen (secondary N) is 2. The van der Waals surface area contributed by atoms with E-state index in [0.717, 1.165) is 11.4 Å². The highest BCUT2D eigenvalue weighted by atomic mass is 16.2. The van der Waals surface area contributed by atoms with Crippen LogP contribution in [0.25, 0.3) is 0 Å². The third-order valence-corrected chi connectivity index (χ3v) is 4.77. The summed E-state index contributed by atoms with van der Waals surface area (Å²) in [5, 5.41) is 2.91. The van der Waals surface area contributed by atoms with Gasteiger partial charge < -0.3 is 15.2 Å². The van der Waals surface area contributed by atoms with E-state index in [-0.39, 0.29) is 28.9 Å². The van der Waals surface area contributed by atoms with Gasteiger partial charge in [0.1, 0.15) is 5.56 Å². The fourth-order valence-corrected chi connectivity index (χ4v) is 3.39. The molecule has 26 heavy (non-hydrogen) atoms. The molecular formula is C20H23N3O3. The predicted octanol–water partition coefficient (Wildman–Crippen LogP) is 2.48. The highest BCUT2D eigenvalue weighted by molar-refractivity contribution is 5.96. The Kier molecular flexibility index (Phi) is 5.21. The number of aromatic amines is 1. The number of para-hydroxylation sites is 1. The van der Waals surface area contributed by atoms with Crippen LogP contribution in [0, 0.1) is 19.8 Å². The largest absolute Gasteiger partial charge is 0.338 e. The summed E-state index contributed by atoms with van der Waals surface area (Å²) >= 11 is 0. The van der Waals surface area contributed by atoms with Gasteiger partial charge in [-0.15, -0.1) is 0 Å². The molecule has 0 aliphatic carbocycles. The zero-order valence-electron chi connectivity index (χ0n) is 15.0. The number of benzene rings is 1. The SMILES string of the molecule is Cc1cc(C)c(C(=O)N2CCC(C(=O)Nc3ccccc3)CC2)c(=O)[nH]1. The number of rotatable bonds is 3. The topological polar surface area (TPSA) is 82.3 Å². The molecule has 2 aromatic rings. The number of piperidine rings is 1. The van der Waals surface area contributed by atoms with Gasteiger partial charge in [-0.3, -0.25) is 14.4 Å². The van der Waals surface area contributed by atoms with Gasteiger partial charge in [0.15, 0.2) is 0 Å². The van der Waals surface area contributed by atoms with E-state index in [1.54, 1.807) is 24.8 Å². The van der Waals surface area contributed by atoms with Gasteiger partial charge in [-0.2, -0.15) is 0 Å². The molecule has 0 unspecified atom stereocenters. The number of anilines is 1. The summed E-state index contributed by atoms with van der Waals surface area (Å²) in [6.45, 7) is 4.51. The lowest BCUT2D eigenvalue weighted by Crippen LogP contribution is -2.43. The molecule has 1 aromatic carbocycles. The molecule has 0 saturated carbocycles. The average Bonchev–Trinajstić information content (AvgIpc) is 2.61. The number of aromatic nitrogens is 1. The van der Waals surface area contributed by atoms with Crippen molar-refractivity contribution < 1.29 is 9.59 Å². The molecule has 0 bridgehead atoms. The van der Waals surface area contributed by atoms with E-state index in [1.807, 2.05) is 30.3 Å². The fourth-order valence-electron chi connectivity index (χ4n) is 3.39. The third kappa shape index (κ3) is 3.85. The maximum absolute atomic E-state index is 12.7. The predicted molar refractivity (Wildman–Crippen MR) is 100 cm³/mol. The smallest absolute Gasteiger partial charge is 0.261 e. The Morgan fingerprint density at radius 1 is 1.12 bits per heavy atom. The van der Waals surface area contributed by atoms with Crippen molar-refractivity contribution in [3.8, 4) is 0 Å². The second-order valence-electron chi connectivity index (χ2n) is 6.76. The minimum atomic E-state index is -0.351. The van der Waals surface area contributed by atoms with Gasteiger partial charge >= 0.3 is 0 Å². The molecule has 3 rings (SSSR count). The molecule has 0 spiro atoms. The lowest BCUT2D eigenvalue weighted by Gasteiger charge is -2.31. The number of carbonyl (C=O) groups is 2. The van der Waals surface area contributed by atoms with Crippen molar-refractivity contribution in [3.63, 3.8) is 0 Å². The lowest BCUT2D eigenvalue weighted by atomic mass is 9.95. The lowest BCUT2D eigenvalue weighted by molar-refractivity contribution is -0.121. The Morgan fingerprint density at radius 2 is 1.77 bits per heavy atom. The minimum absolute atomic E-state index is 0.0207. The van der Waals surface area contributed by atoms with Crippen LogP contribution >= 0.6 is 0 Å². The van der Waals surface area contributed by atoms with Crippen LogP contribution in [0.3, 0.4) is 0 Å². The molecule has 0 radical (unpaired) electrons. The molecule has 136 valence electrons. The molecule has 0 atom stereocenters. The van der Waals surface area contributed by atoms with E-state index in [9.17, 15) is 14.4 Å². The van der Waals surface area contributed by atoms with Crippen molar-refractivity contribution in [2.75, 3.05) is 18.4 Å². The highest BCUT2D eigenvalue weighted by Gasteiger charge is 2.29. The van der Waals surface area contributed by atoms with Crippen molar-refractivity contribution in [1.82, 2.24) is 9.88 Å². The first-order chi connectivity index (χ1) is 12.5. The molecule has 1 aliphatic heterocycles. The van der Waals surface area contributed by atoms with Crippen LogP contribution in [-0.2, 0) is 4.79 Å². The Hall–Kier alpha value is -2.89. The Labute approximate surface area is 152 Å². The van der Waals surface area contributed by atoms with Crippen LogP contribution in [0.15, 0.2) is 41.2 Å². The van der Waals surface area contributed by atoms with Crippen LogP contribution in [0.4, 0.5) is 5.69 Å².